The number of likely N-dealkylation sites (N-methyl/N-ethyl adjacent to an activating group) is 1. The van der Waals surface area contributed by atoms with Crippen LogP contribution in [0.3, 0.4) is 0 Å². The van der Waals surface area contributed by atoms with E-state index in [4.69, 9.17) is 9.47 Å². The van der Waals surface area contributed by atoms with Gasteiger partial charge in [0.2, 0.25) is 5.91 Å². The molecule has 0 saturated carbocycles. The minimum absolute atomic E-state index is 0.0245. The molecular formula is C20H32N4O3. The number of ether oxygens (including phenoxy) is 2. The summed E-state index contributed by atoms with van der Waals surface area (Å²) in [5, 5.41) is 6.66. The van der Waals surface area contributed by atoms with Crippen molar-refractivity contribution >= 4 is 11.9 Å². The quantitative estimate of drug-likeness (QED) is 0.527. The van der Waals surface area contributed by atoms with Crippen molar-refractivity contribution in [2.24, 2.45) is 10.9 Å². The van der Waals surface area contributed by atoms with Crippen LogP contribution in [0.1, 0.15) is 17.5 Å². The number of rotatable bonds is 8. The van der Waals surface area contributed by atoms with E-state index in [1.54, 1.807) is 26.1 Å². The van der Waals surface area contributed by atoms with Crippen molar-refractivity contribution in [1.82, 2.24) is 15.5 Å². The van der Waals surface area contributed by atoms with E-state index in [-0.39, 0.29) is 12.5 Å². The van der Waals surface area contributed by atoms with Crippen LogP contribution in [0.15, 0.2) is 23.2 Å². The molecule has 1 atom stereocenters. The molecule has 2 rings (SSSR count). The fourth-order valence-electron chi connectivity index (χ4n) is 2.79. The zero-order valence-electron chi connectivity index (χ0n) is 16.9. The van der Waals surface area contributed by atoms with Gasteiger partial charge in [-0.1, -0.05) is 12.1 Å². The topological polar surface area (TPSA) is 75.2 Å². The summed E-state index contributed by atoms with van der Waals surface area (Å²) in [4.78, 5) is 17.8. The molecule has 7 heteroatoms. The lowest BCUT2D eigenvalue weighted by Crippen LogP contribution is -2.41. The molecule has 1 aromatic rings. The second kappa shape index (κ2) is 10.8. The molecule has 7 nitrogen and oxygen atoms in total. The van der Waals surface area contributed by atoms with Crippen LogP contribution in [0.2, 0.25) is 0 Å². The van der Waals surface area contributed by atoms with Gasteiger partial charge in [0.25, 0.3) is 0 Å². The van der Waals surface area contributed by atoms with Crippen molar-refractivity contribution in [2.75, 3.05) is 54.1 Å². The molecule has 1 unspecified atom stereocenters. The maximum atomic E-state index is 11.8. The van der Waals surface area contributed by atoms with E-state index >= 15 is 0 Å². The van der Waals surface area contributed by atoms with E-state index < -0.39 is 0 Å². The Morgan fingerprint density at radius 1 is 1.37 bits per heavy atom. The first kappa shape index (κ1) is 21.0. The summed E-state index contributed by atoms with van der Waals surface area (Å²) in [5.74, 6) is 2.03. The number of methoxy groups -OCH3 is 1. The third-order valence-electron chi connectivity index (χ3n) is 4.63. The van der Waals surface area contributed by atoms with Crippen LogP contribution in [0.5, 0.6) is 5.75 Å². The summed E-state index contributed by atoms with van der Waals surface area (Å²) in [6.07, 6.45) is 1.89. The fourth-order valence-corrected chi connectivity index (χ4v) is 2.79. The van der Waals surface area contributed by atoms with Crippen molar-refractivity contribution in [2.45, 2.75) is 19.8 Å². The number of hydrogen-bond donors (Lipinski definition) is 2. The largest absolute Gasteiger partial charge is 0.496 e. The van der Waals surface area contributed by atoms with E-state index in [0.717, 1.165) is 50.5 Å². The Morgan fingerprint density at radius 3 is 2.85 bits per heavy atom. The molecule has 0 aromatic heterocycles. The van der Waals surface area contributed by atoms with Crippen molar-refractivity contribution in [3.8, 4) is 5.75 Å². The third-order valence-corrected chi connectivity index (χ3v) is 4.63. The molecule has 1 amide bonds. The molecule has 27 heavy (non-hydrogen) atoms. The number of nitrogens with one attached hydrogen (secondary N) is 2. The molecular weight excluding hydrogens is 344 g/mol. The molecule has 1 aromatic carbocycles. The van der Waals surface area contributed by atoms with Gasteiger partial charge in [-0.15, -0.1) is 0 Å². The van der Waals surface area contributed by atoms with Crippen molar-refractivity contribution in [3.05, 3.63) is 29.3 Å². The maximum absolute atomic E-state index is 11.8. The summed E-state index contributed by atoms with van der Waals surface area (Å²) in [7, 11) is 5.16. The lowest BCUT2D eigenvalue weighted by molar-refractivity contribution is -0.127. The molecule has 0 aliphatic carbocycles. The molecule has 0 spiro atoms. The van der Waals surface area contributed by atoms with Crippen LogP contribution < -0.4 is 15.4 Å². The molecule has 0 bridgehead atoms. The van der Waals surface area contributed by atoms with E-state index in [2.05, 4.69) is 33.8 Å². The van der Waals surface area contributed by atoms with Gasteiger partial charge in [0, 0.05) is 39.7 Å². The van der Waals surface area contributed by atoms with E-state index in [0.29, 0.717) is 11.9 Å². The number of aliphatic imine (C=N–C) groups is 1. The first-order chi connectivity index (χ1) is 13.0. The molecule has 1 heterocycles. The molecule has 150 valence electrons. The van der Waals surface area contributed by atoms with Gasteiger partial charge in [0.1, 0.15) is 12.3 Å². The Bertz CT molecular complexity index is 640. The number of carbonyl (C=O) groups excluding carboxylic acids is 1. The number of hydrogen-bond acceptors (Lipinski definition) is 4. The van der Waals surface area contributed by atoms with Gasteiger partial charge < -0.3 is 25.0 Å². The van der Waals surface area contributed by atoms with Gasteiger partial charge in [0.05, 0.1) is 13.7 Å². The van der Waals surface area contributed by atoms with E-state index in [1.807, 2.05) is 6.92 Å². The third kappa shape index (κ3) is 7.09. The number of carbonyl (C=O) groups is 1. The Kier molecular flexibility index (Phi) is 8.39. The average molecular weight is 377 g/mol. The summed E-state index contributed by atoms with van der Waals surface area (Å²) >= 11 is 0. The van der Waals surface area contributed by atoms with E-state index in [1.165, 1.54) is 5.56 Å². The summed E-state index contributed by atoms with van der Waals surface area (Å²) in [6.45, 7) is 5.27. The maximum Gasteiger partial charge on any atom is 0.243 e. The van der Waals surface area contributed by atoms with Gasteiger partial charge in [-0.25, -0.2) is 4.99 Å². The lowest BCUT2D eigenvalue weighted by atomic mass is 10.1. The minimum atomic E-state index is -0.0245. The first-order valence-electron chi connectivity index (χ1n) is 9.43. The predicted octanol–water partition coefficient (Wildman–Crippen LogP) is 1.21. The van der Waals surface area contributed by atoms with Gasteiger partial charge in [-0.05, 0) is 37.0 Å². The Hall–Kier alpha value is -2.28. The number of guanidine groups is 1. The van der Waals surface area contributed by atoms with Gasteiger partial charge in [-0.3, -0.25) is 4.79 Å². The Morgan fingerprint density at radius 2 is 2.19 bits per heavy atom. The number of benzene rings is 1. The van der Waals surface area contributed by atoms with Crippen molar-refractivity contribution in [1.29, 1.82) is 0 Å². The molecule has 2 N–H and O–H groups in total. The smallest absolute Gasteiger partial charge is 0.243 e. The second-order valence-electron chi connectivity index (χ2n) is 7.04. The summed E-state index contributed by atoms with van der Waals surface area (Å²) in [5.41, 5.74) is 2.32. The van der Waals surface area contributed by atoms with Crippen LogP contribution >= 0.6 is 0 Å². The zero-order valence-corrected chi connectivity index (χ0v) is 16.9. The van der Waals surface area contributed by atoms with Gasteiger partial charge in [0.15, 0.2) is 5.96 Å². The number of aryl methyl sites for hydroxylation is 1. The second-order valence-corrected chi connectivity index (χ2v) is 7.04. The highest BCUT2D eigenvalue weighted by atomic mass is 16.5. The summed E-state index contributed by atoms with van der Waals surface area (Å²) in [6, 6.07) is 6.24. The van der Waals surface area contributed by atoms with E-state index in [9.17, 15) is 4.79 Å². The highest BCUT2D eigenvalue weighted by Crippen LogP contribution is 2.19. The molecule has 1 aliphatic rings. The first-order valence-corrected chi connectivity index (χ1v) is 9.43. The monoisotopic (exact) mass is 376 g/mol. The minimum Gasteiger partial charge on any atom is -0.496 e. The van der Waals surface area contributed by atoms with Crippen molar-refractivity contribution in [3.63, 3.8) is 0 Å². The lowest BCUT2D eigenvalue weighted by Gasteiger charge is -2.16. The van der Waals surface area contributed by atoms with Crippen LogP contribution in [0.25, 0.3) is 0 Å². The molecule has 1 fully saturated rings. The van der Waals surface area contributed by atoms with Crippen LogP contribution in [0.4, 0.5) is 0 Å². The van der Waals surface area contributed by atoms with Crippen LogP contribution in [-0.2, 0) is 16.0 Å². The fraction of sp³-hybridized carbons (Fsp3) is 0.600. The number of nitrogens with zero attached hydrogens (tertiary/aromatic N) is 2. The molecule has 1 saturated heterocycles. The zero-order chi connectivity index (χ0) is 19.6. The number of amides is 1. The SMILES string of the molecule is COc1cc(CCNC(=NCC(=O)N(C)C)NCC2CCOC2)ccc1C. The van der Waals surface area contributed by atoms with Gasteiger partial charge in [-0.2, -0.15) is 0 Å². The van der Waals surface area contributed by atoms with Gasteiger partial charge >= 0.3 is 0 Å². The standard InChI is InChI=1S/C20H32N4O3/c1-15-5-6-16(11-18(15)26-4)7-9-21-20(23-13-19(25)24(2)3)22-12-17-8-10-27-14-17/h5-6,11,17H,7-10,12-14H2,1-4H3,(H2,21,22,23). The average Bonchev–Trinajstić information content (AvgIpc) is 3.17. The normalized spacial score (nSPS) is 16.9. The highest BCUT2D eigenvalue weighted by molar-refractivity contribution is 5.84. The van der Waals surface area contributed by atoms with Crippen LogP contribution in [0, 0.1) is 12.8 Å². The highest BCUT2D eigenvalue weighted by Gasteiger charge is 2.16. The summed E-state index contributed by atoms with van der Waals surface area (Å²) < 4.78 is 10.8. The molecule has 0 radical (unpaired) electrons. The Labute approximate surface area is 162 Å². The van der Waals surface area contributed by atoms with Crippen LogP contribution in [-0.4, -0.2) is 70.8 Å². The predicted molar refractivity (Wildman–Crippen MR) is 107 cm³/mol. The Balaban J connectivity index is 1.89. The molecule has 1 aliphatic heterocycles. The van der Waals surface area contributed by atoms with Crippen molar-refractivity contribution < 1.29 is 14.3 Å².